The molecule has 1 atom stereocenters. The summed E-state index contributed by atoms with van der Waals surface area (Å²) in [7, 11) is 0. The maximum Gasteiger partial charge on any atom is 0.252 e. The van der Waals surface area contributed by atoms with E-state index in [1.54, 1.807) is 12.1 Å². The van der Waals surface area contributed by atoms with E-state index in [9.17, 15) is 4.79 Å². The van der Waals surface area contributed by atoms with E-state index >= 15 is 0 Å². The summed E-state index contributed by atoms with van der Waals surface area (Å²) >= 11 is 6.06. The minimum absolute atomic E-state index is 0.159. The van der Waals surface area contributed by atoms with Crippen LogP contribution in [-0.2, 0) is 0 Å². The number of rotatable bonds is 5. The number of hydrogen-bond donors (Lipinski definition) is 2. The number of amides is 1. The van der Waals surface area contributed by atoms with Gasteiger partial charge in [-0.25, -0.2) is 4.98 Å². The Kier molecular flexibility index (Phi) is 5.63. The Balaban J connectivity index is 1.64. The number of aromatic nitrogens is 3. The molecule has 0 spiro atoms. The van der Waals surface area contributed by atoms with Gasteiger partial charge in [-0.2, -0.15) is 5.10 Å². The molecule has 1 amide bonds. The summed E-state index contributed by atoms with van der Waals surface area (Å²) in [6.07, 6.45) is 0. The van der Waals surface area contributed by atoms with Gasteiger partial charge in [-0.05, 0) is 30.7 Å². The van der Waals surface area contributed by atoms with Crippen LogP contribution >= 0.6 is 11.6 Å². The molecule has 3 aromatic carbocycles. The van der Waals surface area contributed by atoms with Gasteiger partial charge in [-0.3, -0.25) is 9.89 Å². The van der Waals surface area contributed by atoms with Gasteiger partial charge in [-0.1, -0.05) is 84.4 Å². The van der Waals surface area contributed by atoms with Crippen LogP contribution in [-0.4, -0.2) is 21.1 Å². The van der Waals surface area contributed by atoms with E-state index in [2.05, 4.69) is 15.5 Å². The van der Waals surface area contributed by atoms with Gasteiger partial charge in [0, 0.05) is 16.1 Å². The molecule has 2 heterocycles. The largest absolute Gasteiger partial charge is 0.345 e. The van der Waals surface area contributed by atoms with Crippen LogP contribution in [0.4, 0.5) is 0 Å². The monoisotopic (exact) mass is 452 g/mol. The number of benzene rings is 3. The number of fused-ring (bicyclic) bond motifs is 1. The number of carbonyl (C=O) groups is 1. The van der Waals surface area contributed by atoms with Crippen molar-refractivity contribution >= 4 is 28.5 Å². The van der Waals surface area contributed by atoms with Gasteiger partial charge in [-0.15, -0.1) is 0 Å². The second-order valence-corrected chi connectivity index (χ2v) is 8.27. The number of carbonyl (C=O) groups excluding carboxylic acids is 1. The van der Waals surface area contributed by atoms with E-state index in [1.165, 1.54) is 0 Å². The lowest BCUT2D eigenvalue weighted by molar-refractivity contribution is 0.0941. The molecule has 5 rings (SSSR count). The second kappa shape index (κ2) is 8.88. The van der Waals surface area contributed by atoms with Gasteiger partial charge >= 0.3 is 0 Å². The summed E-state index contributed by atoms with van der Waals surface area (Å²) in [6.45, 7) is 1.97. The Morgan fingerprint density at radius 1 is 0.909 bits per heavy atom. The maximum atomic E-state index is 13.6. The molecule has 5 aromatic rings. The normalized spacial score (nSPS) is 11.9. The highest BCUT2D eigenvalue weighted by molar-refractivity contribution is 6.30. The lowest BCUT2D eigenvalue weighted by atomic mass is 10.0. The highest BCUT2D eigenvalue weighted by Crippen LogP contribution is 2.32. The van der Waals surface area contributed by atoms with Crippen molar-refractivity contribution in [2.45, 2.75) is 13.0 Å². The SMILES string of the molecule is CC(NC(=O)c1cc(-c2ccc(Cl)cc2)nc2n[nH]c(-c3ccccc3)c12)c1ccccc1. The first-order valence-corrected chi connectivity index (χ1v) is 11.0. The van der Waals surface area contributed by atoms with Crippen LogP contribution in [0.15, 0.2) is 91.0 Å². The van der Waals surface area contributed by atoms with Crippen LogP contribution < -0.4 is 5.32 Å². The van der Waals surface area contributed by atoms with E-state index in [0.29, 0.717) is 27.3 Å². The predicted molar refractivity (Wildman–Crippen MR) is 132 cm³/mol. The number of halogens is 1. The zero-order valence-electron chi connectivity index (χ0n) is 17.9. The summed E-state index contributed by atoms with van der Waals surface area (Å²) in [5, 5.41) is 12.0. The summed E-state index contributed by atoms with van der Waals surface area (Å²) in [6, 6.07) is 28.7. The number of hydrogen-bond acceptors (Lipinski definition) is 3. The van der Waals surface area contributed by atoms with Crippen molar-refractivity contribution in [2.75, 3.05) is 0 Å². The van der Waals surface area contributed by atoms with E-state index in [1.807, 2.05) is 85.8 Å². The molecule has 0 saturated heterocycles. The smallest absolute Gasteiger partial charge is 0.252 e. The van der Waals surface area contributed by atoms with Gasteiger partial charge in [0.1, 0.15) is 0 Å². The minimum Gasteiger partial charge on any atom is -0.345 e. The first-order valence-electron chi connectivity index (χ1n) is 10.7. The fourth-order valence-corrected chi connectivity index (χ4v) is 4.01. The van der Waals surface area contributed by atoms with Crippen molar-refractivity contribution in [3.63, 3.8) is 0 Å². The topological polar surface area (TPSA) is 70.7 Å². The molecule has 0 aliphatic carbocycles. The molecule has 0 saturated carbocycles. The lowest BCUT2D eigenvalue weighted by Gasteiger charge is -2.15. The number of aromatic amines is 1. The first-order chi connectivity index (χ1) is 16.1. The Morgan fingerprint density at radius 2 is 1.58 bits per heavy atom. The highest BCUT2D eigenvalue weighted by atomic mass is 35.5. The Bertz CT molecular complexity index is 1410. The summed E-state index contributed by atoms with van der Waals surface area (Å²) in [5.74, 6) is -0.187. The van der Waals surface area contributed by atoms with E-state index in [-0.39, 0.29) is 11.9 Å². The van der Waals surface area contributed by atoms with Crippen LogP contribution in [0.25, 0.3) is 33.5 Å². The number of H-pyrrole nitrogens is 1. The summed E-state index contributed by atoms with van der Waals surface area (Å²) in [5.41, 5.74) is 5.24. The van der Waals surface area contributed by atoms with Crippen LogP contribution in [0, 0.1) is 0 Å². The summed E-state index contributed by atoms with van der Waals surface area (Å²) in [4.78, 5) is 18.3. The molecule has 0 aliphatic rings. The van der Waals surface area contributed by atoms with Gasteiger partial charge in [0.2, 0.25) is 0 Å². The minimum atomic E-state index is -0.187. The first kappa shape index (κ1) is 20.9. The van der Waals surface area contributed by atoms with Gasteiger partial charge < -0.3 is 5.32 Å². The van der Waals surface area contributed by atoms with E-state index in [4.69, 9.17) is 16.6 Å². The standard InChI is InChI=1S/C27H21ClN4O/c1-17(18-8-4-2-5-9-18)29-27(33)22-16-23(19-12-14-21(28)15-13-19)30-26-24(22)25(31-32-26)20-10-6-3-7-11-20/h2-17H,1H3,(H,29,33)(H,30,31,32). The molecule has 2 N–H and O–H groups in total. The zero-order chi connectivity index (χ0) is 22.8. The van der Waals surface area contributed by atoms with Crippen LogP contribution in [0.2, 0.25) is 5.02 Å². The molecule has 33 heavy (non-hydrogen) atoms. The van der Waals surface area contributed by atoms with E-state index < -0.39 is 0 Å². The maximum absolute atomic E-state index is 13.6. The third-order valence-electron chi connectivity index (χ3n) is 5.62. The van der Waals surface area contributed by atoms with E-state index in [0.717, 1.165) is 22.4 Å². The number of nitrogens with zero attached hydrogens (tertiary/aromatic N) is 2. The molecule has 0 radical (unpaired) electrons. The Morgan fingerprint density at radius 3 is 2.27 bits per heavy atom. The van der Waals surface area contributed by atoms with Gasteiger partial charge in [0.25, 0.3) is 5.91 Å². The molecular weight excluding hydrogens is 432 g/mol. The van der Waals surface area contributed by atoms with Crippen LogP contribution in [0.5, 0.6) is 0 Å². The van der Waals surface area contributed by atoms with Crippen LogP contribution in [0.1, 0.15) is 28.9 Å². The average Bonchev–Trinajstić information content (AvgIpc) is 3.29. The molecule has 5 nitrogen and oxygen atoms in total. The Labute approximate surface area is 196 Å². The average molecular weight is 453 g/mol. The van der Waals surface area contributed by atoms with Crippen molar-refractivity contribution < 1.29 is 4.79 Å². The fourth-order valence-electron chi connectivity index (χ4n) is 3.88. The van der Waals surface area contributed by atoms with Gasteiger partial charge in [0.05, 0.1) is 28.4 Å². The molecule has 6 heteroatoms. The van der Waals surface area contributed by atoms with Crippen molar-refractivity contribution in [1.82, 2.24) is 20.5 Å². The molecule has 0 fully saturated rings. The van der Waals surface area contributed by atoms with Crippen molar-refractivity contribution in [2.24, 2.45) is 0 Å². The van der Waals surface area contributed by atoms with Crippen molar-refractivity contribution in [3.8, 4) is 22.5 Å². The Hall–Kier alpha value is -3.96. The zero-order valence-corrected chi connectivity index (χ0v) is 18.7. The van der Waals surface area contributed by atoms with Gasteiger partial charge in [0.15, 0.2) is 5.65 Å². The van der Waals surface area contributed by atoms with Crippen molar-refractivity contribution in [1.29, 1.82) is 0 Å². The molecule has 2 aromatic heterocycles. The number of nitrogens with one attached hydrogen (secondary N) is 2. The lowest BCUT2D eigenvalue weighted by Crippen LogP contribution is -2.27. The number of pyridine rings is 1. The second-order valence-electron chi connectivity index (χ2n) is 7.83. The molecule has 0 bridgehead atoms. The third kappa shape index (κ3) is 4.23. The third-order valence-corrected chi connectivity index (χ3v) is 5.87. The fraction of sp³-hybridized carbons (Fsp3) is 0.0741. The summed E-state index contributed by atoms with van der Waals surface area (Å²) < 4.78 is 0. The molecule has 162 valence electrons. The molecule has 0 aliphatic heterocycles. The highest BCUT2D eigenvalue weighted by Gasteiger charge is 2.21. The quantitative estimate of drug-likeness (QED) is 0.322. The molecular formula is C27H21ClN4O. The van der Waals surface area contributed by atoms with Crippen LogP contribution in [0.3, 0.4) is 0 Å². The predicted octanol–water partition coefficient (Wildman–Crippen LogP) is 6.44. The van der Waals surface area contributed by atoms with Crippen molar-refractivity contribution in [3.05, 3.63) is 107 Å². The molecule has 1 unspecified atom stereocenters.